The van der Waals surface area contributed by atoms with Crippen LogP contribution in [0.2, 0.25) is 0 Å². The number of amides is 2. The van der Waals surface area contributed by atoms with Crippen LogP contribution in [0.15, 0.2) is 46.9 Å². The molecule has 1 fully saturated rings. The normalized spacial score (nSPS) is 17.7. The number of carbonyl (C=O) groups excluding carboxylic acids is 2. The highest BCUT2D eigenvalue weighted by atomic mass is 79.9. The van der Waals surface area contributed by atoms with E-state index in [0.717, 1.165) is 21.3 Å². The summed E-state index contributed by atoms with van der Waals surface area (Å²) < 4.78 is 0.908. The molecule has 1 saturated heterocycles. The summed E-state index contributed by atoms with van der Waals surface area (Å²) >= 11 is 3.35. The Morgan fingerprint density at radius 1 is 1.09 bits per heavy atom. The first-order valence-corrected chi connectivity index (χ1v) is 8.21. The van der Waals surface area contributed by atoms with Crippen LogP contribution in [0.1, 0.15) is 17.5 Å². The smallest absolute Gasteiger partial charge is 0.256 e. The van der Waals surface area contributed by atoms with Crippen molar-refractivity contribution in [3.63, 3.8) is 0 Å². The number of rotatable bonds is 3. The van der Waals surface area contributed by atoms with Crippen LogP contribution in [-0.4, -0.2) is 17.9 Å². The van der Waals surface area contributed by atoms with Gasteiger partial charge >= 0.3 is 0 Å². The van der Waals surface area contributed by atoms with Crippen LogP contribution in [0.4, 0.5) is 11.4 Å². The molecular formula is C18H17BrN2O2. The second kappa shape index (κ2) is 6.16. The monoisotopic (exact) mass is 372 g/mol. The summed E-state index contributed by atoms with van der Waals surface area (Å²) in [4.78, 5) is 26.2. The molecule has 118 valence electrons. The molecule has 1 aliphatic heterocycles. The quantitative estimate of drug-likeness (QED) is 0.833. The SMILES string of the molecule is Cc1ccc(C)c(NC2CC(=O)N(c3ccc(Br)cc3)C2=O)c1. The summed E-state index contributed by atoms with van der Waals surface area (Å²) in [5.41, 5.74) is 3.67. The lowest BCUT2D eigenvalue weighted by molar-refractivity contribution is -0.121. The fourth-order valence-corrected chi connectivity index (χ4v) is 2.95. The van der Waals surface area contributed by atoms with Crippen LogP contribution in [0.25, 0.3) is 0 Å². The van der Waals surface area contributed by atoms with E-state index in [0.29, 0.717) is 5.69 Å². The maximum Gasteiger partial charge on any atom is 0.256 e. The number of carbonyl (C=O) groups is 2. The van der Waals surface area contributed by atoms with Crippen molar-refractivity contribution in [2.45, 2.75) is 26.3 Å². The van der Waals surface area contributed by atoms with Gasteiger partial charge in [-0.05, 0) is 55.3 Å². The minimum absolute atomic E-state index is 0.169. The van der Waals surface area contributed by atoms with Gasteiger partial charge in [-0.1, -0.05) is 28.1 Å². The van der Waals surface area contributed by atoms with Gasteiger partial charge in [0.2, 0.25) is 5.91 Å². The van der Waals surface area contributed by atoms with E-state index in [4.69, 9.17) is 0 Å². The Labute approximate surface area is 143 Å². The second-order valence-corrected chi connectivity index (χ2v) is 6.68. The highest BCUT2D eigenvalue weighted by Crippen LogP contribution is 2.27. The maximum atomic E-state index is 12.6. The Hall–Kier alpha value is -2.14. The van der Waals surface area contributed by atoms with Crippen molar-refractivity contribution in [1.29, 1.82) is 0 Å². The van der Waals surface area contributed by atoms with Gasteiger partial charge in [0.05, 0.1) is 12.1 Å². The van der Waals surface area contributed by atoms with E-state index >= 15 is 0 Å². The van der Waals surface area contributed by atoms with Crippen molar-refractivity contribution in [1.82, 2.24) is 0 Å². The first-order valence-electron chi connectivity index (χ1n) is 7.42. The fraction of sp³-hybridized carbons (Fsp3) is 0.222. The first kappa shape index (κ1) is 15.7. The van der Waals surface area contributed by atoms with Crippen LogP contribution in [0.5, 0.6) is 0 Å². The van der Waals surface area contributed by atoms with E-state index in [9.17, 15) is 9.59 Å². The number of halogens is 1. The highest BCUT2D eigenvalue weighted by Gasteiger charge is 2.39. The molecule has 1 N–H and O–H groups in total. The molecule has 5 heteroatoms. The van der Waals surface area contributed by atoms with Gasteiger partial charge in [-0.2, -0.15) is 0 Å². The Morgan fingerprint density at radius 3 is 2.48 bits per heavy atom. The Bertz CT molecular complexity index is 771. The lowest BCUT2D eigenvalue weighted by atomic mass is 10.1. The molecule has 4 nitrogen and oxygen atoms in total. The standard InChI is InChI=1S/C18H17BrN2O2/c1-11-3-4-12(2)15(9-11)20-16-10-17(22)21(18(16)23)14-7-5-13(19)6-8-14/h3-9,16,20H,10H2,1-2H3. The molecule has 23 heavy (non-hydrogen) atoms. The van der Waals surface area contributed by atoms with Crippen LogP contribution in [0.3, 0.4) is 0 Å². The van der Waals surface area contributed by atoms with Crippen LogP contribution in [-0.2, 0) is 9.59 Å². The molecule has 3 rings (SSSR count). The zero-order chi connectivity index (χ0) is 16.6. The number of nitrogens with zero attached hydrogens (tertiary/aromatic N) is 1. The van der Waals surface area contributed by atoms with E-state index in [2.05, 4.69) is 21.2 Å². The minimum atomic E-state index is -0.522. The predicted molar refractivity (Wildman–Crippen MR) is 94.6 cm³/mol. The van der Waals surface area contributed by atoms with Crippen molar-refractivity contribution < 1.29 is 9.59 Å². The fourth-order valence-electron chi connectivity index (χ4n) is 2.69. The number of anilines is 2. The summed E-state index contributed by atoms with van der Waals surface area (Å²) in [7, 11) is 0. The van der Waals surface area contributed by atoms with Gasteiger partial charge in [-0.15, -0.1) is 0 Å². The Morgan fingerprint density at radius 2 is 1.78 bits per heavy atom. The molecule has 0 radical (unpaired) electrons. The van der Waals surface area contributed by atoms with Crippen molar-refractivity contribution in [3.05, 3.63) is 58.1 Å². The molecule has 1 heterocycles. The molecule has 1 aliphatic rings. The summed E-state index contributed by atoms with van der Waals surface area (Å²) in [6.07, 6.45) is 0.169. The van der Waals surface area contributed by atoms with Gasteiger partial charge in [0.25, 0.3) is 5.91 Å². The number of hydrogen-bond acceptors (Lipinski definition) is 3. The first-order chi connectivity index (χ1) is 11.0. The van der Waals surface area contributed by atoms with E-state index in [1.807, 2.05) is 44.2 Å². The number of nitrogens with one attached hydrogen (secondary N) is 1. The van der Waals surface area contributed by atoms with E-state index in [1.54, 1.807) is 12.1 Å². The molecule has 0 spiro atoms. The van der Waals surface area contributed by atoms with Gasteiger partial charge in [-0.3, -0.25) is 9.59 Å². The molecule has 1 atom stereocenters. The number of benzene rings is 2. The lowest BCUT2D eigenvalue weighted by Crippen LogP contribution is -2.34. The van der Waals surface area contributed by atoms with Crippen LogP contribution < -0.4 is 10.2 Å². The van der Waals surface area contributed by atoms with Crippen LogP contribution in [0, 0.1) is 13.8 Å². The molecule has 2 amide bonds. The number of hydrogen-bond donors (Lipinski definition) is 1. The molecule has 2 aromatic rings. The van der Waals surface area contributed by atoms with E-state index in [-0.39, 0.29) is 18.2 Å². The summed E-state index contributed by atoms with van der Waals surface area (Å²) in [6.45, 7) is 3.98. The lowest BCUT2D eigenvalue weighted by Gasteiger charge is -2.17. The number of aryl methyl sites for hydroxylation is 2. The van der Waals surface area contributed by atoms with Crippen molar-refractivity contribution >= 4 is 39.1 Å². The Kier molecular flexibility index (Phi) is 4.22. The molecule has 2 aromatic carbocycles. The maximum absolute atomic E-state index is 12.6. The number of imide groups is 1. The summed E-state index contributed by atoms with van der Waals surface area (Å²) in [5, 5.41) is 3.22. The van der Waals surface area contributed by atoms with Crippen molar-refractivity contribution in [2.24, 2.45) is 0 Å². The third-order valence-corrected chi connectivity index (χ3v) is 4.48. The third-order valence-electron chi connectivity index (χ3n) is 3.95. The topological polar surface area (TPSA) is 49.4 Å². The minimum Gasteiger partial charge on any atom is -0.373 e. The zero-order valence-corrected chi connectivity index (χ0v) is 14.6. The molecule has 0 bridgehead atoms. The van der Waals surface area contributed by atoms with Gasteiger partial charge in [0.1, 0.15) is 6.04 Å². The molecule has 1 unspecified atom stereocenters. The molecule has 0 aromatic heterocycles. The van der Waals surface area contributed by atoms with Gasteiger partial charge < -0.3 is 5.32 Å². The Balaban J connectivity index is 1.83. The third kappa shape index (κ3) is 3.15. The van der Waals surface area contributed by atoms with Crippen molar-refractivity contribution in [3.8, 4) is 0 Å². The van der Waals surface area contributed by atoms with Crippen molar-refractivity contribution in [2.75, 3.05) is 10.2 Å². The zero-order valence-electron chi connectivity index (χ0n) is 13.0. The van der Waals surface area contributed by atoms with Crippen LogP contribution >= 0.6 is 15.9 Å². The average Bonchev–Trinajstić information content (AvgIpc) is 2.79. The van der Waals surface area contributed by atoms with Gasteiger partial charge in [0.15, 0.2) is 0 Å². The molecule has 0 saturated carbocycles. The summed E-state index contributed by atoms with van der Waals surface area (Å²) in [5.74, 6) is -0.390. The summed E-state index contributed by atoms with van der Waals surface area (Å²) in [6, 6.07) is 12.7. The van der Waals surface area contributed by atoms with Gasteiger partial charge in [-0.25, -0.2) is 4.90 Å². The van der Waals surface area contributed by atoms with E-state index in [1.165, 1.54) is 4.90 Å². The largest absolute Gasteiger partial charge is 0.373 e. The highest BCUT2D eigenvalue weighted by molar-refractivity contribution is 9.10. The molecular weight excluding hydrogens is 356 g/mol. The van der Waals surface area contributed by atoms with Gasteiger partial charge in [0, 0.05) is 10.2 Å². The van der Waals surface area contributed by atoms with E-state index < -0.39 is 6.04 Å². The average molecular weight is 373 g/mol. The predicted octanol–water partition coefficient (Wildman–Crippen LogP) is 3.81. The molecule has 0 aliphatic carbocycles. The second-order valence-electron chi connectivity index (χ2n) is 5.76.